The summed E-state index contributed by atoms with van der Waals surface area (Å²) in [6, 6.07) is 8.40. The van der Waals surface area contributed by atoms with Gasteiger partial charge in [-0.3, -0.25) is 0 Å². The maximum absolute atomic E-state index is 5.97. The average molecular weight is 239 g/mol. The molecule has 0 radical (unpaired) electrons. The first-order valence-electron chi connectivity index (χ1n) is 5.73. The van der Waals surface area contributed by atoms with E-state index >= 15 is 0 Å². The van der Waals surface area contributed by atoms with Gasteiger partial charge < -0.3 is 10.5 Å². The highest BCUT2D eigenvalue weighted by Crippen LogP contribution is 2.20. The van der Waals surface area contributed by atoms with E-state index in [2.05, 4.69) is 19.2 Å². The molecular weight excluding hydrogens is 218 g/mol. The topological polar surface area (TPSA) is 35.2 Å². The second-order valence-electron chi connectivity index (χ2n) is 3.82. The summed E-state index contributed by atoms with van der Waals surface area (Å²) in [4.78, 5) is 0. The molecule has 1 unspecified atom stereocenters. The fraction of sp³-hybridized carbons (Fsp3) is 0.538. The highest BCUT2D eigenvalue weighted by molar-refractivity contribution is 7.98. The van der Waals surface area contributed by atoms with E-state index in [1.54, 1.807) is 11.8 Å². The van der Waals surface area contributed by atoms with Crippen LogP contribution in [0.5, 0.6) is 5.75 Å². The largest absolute Gasteiger partial charge is 0.492 e. The Labute approximate surface area is 103 Å². The van der Waals surface area contributed by atoms with Crippen LogP contribution >= 0.6 is 11.8 Å². The van der Waals surface area contributed by atoms with E-state index in [1.807, 2.05) is 18.2 Å². The number of benzene rings is 1. The first kappa shape index (κ1) is 13.4. The molecule has 2 nitrogen and oxygen atoms in total. The Hall–Kier alpha value is -0.670. The molecule has 2 N–H and O–H groups in total. The smallest absolute Gasteiger partial charge is 0.122 e. The monoisotopic (exact) mass is 239 g/mol. The van der Waals surface area contributed by atoms with Crippen LogP contribution in [0.4, 0.5) is 0 Å². The second-order valence-corrected chi connectivity index (χ2v) is 4.81. The van der Waals surface area contributed by atoms with Crippen LogP contribution in [0.3, 0.4) is 0 Å². The van der Waals surface area contributed by atoms with E-state index in [0.29, 0.717) is 0 Å². The molecule has 1 rings (SSSR count). The van der Waals surface area contributed by atoms with Crippen LogP contribution in [0.15, 0.2) is 24.3 Å². The lowest BCUT2D eigenvalue weighted by atomic mass is 10.0. The molecule has 1 atom stereocenters. The third kappa shape index (κ3) is 4.45. The molecule has 0 heterocycles. The van der Waals surface area contributed by atoms with Crippen molar-refractivity contribution in [1.82, 2.24) is 0 Å². The summed E-state index contributed by atoms with van der Waals surface area (Å²) < 4.78 is 5.75. The van der Waals surface area contributed by atoms with E-state index in [0.717, 1.165) is 31.0 Å². The second kappa shape index (κ2) is 7.58. The molecule has 1 aromatic carbocycles. The number of ether oxygens (including phenoxy) is 1. The molecule has 1 aromatic rings. The van der Waals surface area contributed by atoms with Crippen molar-refractivity contribution >= 4 is 11.8 Å². The lowest BCUT2D eigenvalue weighted by Gasteiger charge is -2.13. The maximum Gasteiger partial charge on any atom is 0.122 e. The molecule has 0 saturated heterocycles. The van der Waals surface area contributed by atoms with Crippen LogP contribution in [0.25, 0.3) is 0 Å². The number of nitrogens with two attached hydrogens (primary N) is 1. The van der Waals surface area contributed by atoms with Gasteiger partial charge in [0.05, 0.1) is 6.61 Å². The summed E-state index contributed by atoms with van der Waals surface area (Å²) in [6.07, 6.45) is 3.98. The Morgan fingerprint density at radius 1 is 1.38 bits per heavy atom. The molecule has 0 amide bonds. The van der Waals surface area contributed by atoms with Crippen molar-refractivity contribution in [3.63, 3.8) is 0 Å². The predicted molar refractivity (Wildman–Crippen MR) is 72.3 cm³/mol. The Bertz CT molecular complexity index is 304. The summed E-state index contributed by atoms with van der Waals surface area (Å²) in [7, 11) is 0. The summed E-state index contributed by atoms with van der Waals surface area (Å²) >= 11 is 1.80. The van der Waals surface area contributed by atoms with Gasteiger partial charge in [-0.2, -0.15) is 11.8 Å². The van der Waals surface area contributed by atoms with Gasteiger partial charge in [0.15, 0.2) is 0 Å². The summed E-state index contributed by atoms with van der Waals surface area (Å²) in [5, 5.41) is 0. The maximum atomic E-state index is 5.97. The zero-order valence-electron chi connectivity index (χ0n) is 10.1. The van der Waals surface area contributed by atoms with Crippen LogP contribution in [-0.2, 0) is 6.42 Å². The van der Waals surface area contributed by atoms with Gasteiger partial charge in [-0.1, -0.05) is 25.1 Å². The summed E-state index contributed by atoms with van der Waals surface area (Å²) in [5.41, 5.74) is 7.19. The minimum Gasteiger partial charge on any atom is -0.492 e. The van der Waals surface area contributed by atoms with Crippen LogP contribution in [0.1, 0.15) is 18.9 Å². The Balaban J connectivity index is 2.60. The normalized spacial score (nSPS) is 12.4. The molecule has 16 heavy (non-hydrogen) atoms. The van der Waals surface area contributed by atoms with Gasteiger partial charge in [0.2, 0.25) is 0 Å². The highest BCUT2D eigenvalue weighted by atomic mass is 32.2. The molecule has 0 aliphatic carbocycles. The first-order valence-corrected chi connectivity index (χ1v) is 7.12. The average Bonchev–Trinajstić information content (AvgIpc) is 2.31. The minimum absolute atomic E-state index is 0.227. The van der Waals surface area contributed by atoms with Crippen molar-refractivity contribution in [3.8, 4) is 5.75 Å². The Morgan fingerprint density at radius 3 is 2.81 bits per heavy atom. The standard InChI is InChI=1S/C13H21NOS/c1-3-12(14)10-11-6-4-5-7-13(11)15-8-9-16-2/h4-7,12H,3,8-10,14H2,1-2H3. The van der Waals surface area contributed by atoms with Gasteiger partial charge >= 0.3 is 0 Å². The molecule has 0 saturated carbocycles. The number of rotatable bonds is 7. The highest BCUT2D eigenvalue weighted by Gasteiger charge is 2.06. The van der Waals surface area contributed by atoms with E-state index in [9.17, 15) is 0 Å². The van der Waals surface area contributed by atoms with Crippen LogP contribution in [0.2, 0.25) is 0 Å². The van der Waals surface area contributed by atoms with Crippen molar-refractivity contribution in [2.24, 2.45) is 5.73 Å². The van der Waals surface area contributed by atoms with Gasteiger partial charge in [-0.05, 0) is 30.7 Å². The van der Waals surface area contributed by atoms with Crippen molar-refractivity contribution in [2.45, 2.75) is 25.8 Å². The van der Waals surface area contributed by atoms with Gasteiger partial charge in [0, 0.05) is 11.8 Å². The number of hydrogen-bond acceptors (Lipinski definition) is 3. The lowest BCUT2D eigenvalue weighted by Crippen LogP contribution is -2.21. The minimum atomic E-state index is 0.227. The molecule has 0 aromatic heterocycles. The van der Waals surface area contributed by atoms with E-state index < -0.39 is 0 Å². The zero-order chi connectivity index (χ0) is 11.8. The molecule has 0 aliphatic heterocycles. The molecule has 0 bridgehead atoms. The van der Waals surface area contributed by atoms with Gasteiger partial charge in [0.1, 0.15) is 5.75 Å². The molecule has 0 fully saturated rings. The third-order valence-electron chi connectivity index (χ3n) is 2.52. The van der Waals surface area contributed by atoms with Gasteiger partial charge in [-0.25, -0.2) is 0 Å². The molecule has 90 valence electrons. The summed E-state index contributed by atoms with van der Waals surface area (Å²) in [5.74, 6) is 2.01. The van der Waals surface area contributed by atoms with Gasteiger partial charge in [0.25, 0.3) is 0 Å². The Morgan fingerprint density at radius 2 is 2.12 bits per heavy atom. The first-order chi connectivity index (χ1) is 7.77. The predicted octanol–water partition coefficient (Wildman–Crippen LogP) is 2.71. The number of para-hydroxylation sites is 1. The van der Waals surface area contributed by atoms with Gasteiger partial charge in [-0.15, -0.1) is 0 Å². The summed E-state index contributed by atoms with van der Waals surface area (Å²) in [6.45, 7) is 2.88. The van der Waals surface area contributed by atoms with Crippen molar-refractivity contribution in [3.05, 3.63) is 29.8 Å². The van der Waals surface area contributed by atoms with E-state index in [4.69, 9.17) is 10.5 Å². The lowest BCUT2D eigenvalue weighted by molar-refractivity contribution is 0.339. The SMILES string of the molecule is CCC(N)Cc1ccccc1OCCSC. The van der Waals surface area contributed by atoms with Crippen LogP contribution in [-0.4, -0.2) is 24.7 Å². The number of hydrogen-bond donors (Lipinski definition) is 1. The molecule has 0 aliphatic rings. The van der Waals surface area contributed by atoms with E-state index in [-0.39, 0.29) is 6.04 Å². The van der Waals surface area contributed by atoms with Crippen molar-refractivity contribution in [1.29, 1.82) is 0 Å². The molecule has 0 spiro atoms. The third-order valence-corrected chi connectivity index (χ3v) is 3.10. The molecule has 3 heteroatoms. The fourth-order valence-electron chi connectivity index (χ4n) is 1.48. The zero-order valence-corrected chi connectivity index (χ0v) is 10.9. The quantitative estimate of drug-likeness (QED) is 0.743. The van der Waals surface area contributed by atoms with Crippen molar-refractivity contribution in [2.75, 3.05) is 18.6 Å². The number of thioether (sulfide) groups is 1. The van der Waals surface area contributed by atoms with E-state index in [1.165, 1.54) is 5.56 Å². The Kier molecular flexibility index (Phi) is 6.34. The van der Waals surface area contributed by atoms with Crippen LogP contribution in [0, 0.1) is 0 Å². The molecular formula is C13H21NOS. The van der Waals surface area contributed by atoms with Crippen molar-refractivity contribution < 1.29 is 4.74 Å². The fourth-order valence-corrected chi connectivity index (χ4v) is 1.73. The van der Waals surface area contributed by atoms with Crippen LogP contribution < -0.4 is 10.5 Å².